The summed E-state index contributed by atoms with van der Waals surface area (Å²) in [6, 6.07) is 13.6. The molecule has 1 aromatic carbocycles. The van der Waals surface area contributed by atoms with Gasteiger partial charge in [0.15, 0.2) is 0 Å². The summed E-state index contributed by atoms with van der Waals surface area (Å²) in [6.45, 7) is 6.08. The van der Waals surface area contributed by atoms with Gasteiger partial charge >= 0.3 is 0 Å². The lowest BCUT2D eigenvalue weighted by Gasteiger charge is -2.35. The predicted molar refractivity (Wildman–Crippen MR) is 109 cm³/mol. The first-order valence-electron chi connectivity index (χ1n) is 8.96. The van der Waals surface area contributed by atoms with Gasteiger partial charge in [-0.1, -0.05) is 43.6 Å². The standard InChI is InChI=1S/C21H21ClN2OS/c1-13-9-14(2)12-24(11-13)21(25)16-10-18(19-7-8-20(22)26-19)23-17-6-4-3-5-15(16)17/h3-8,10,13-14H,9,11-12H2,1-2H3. The number of nitrogens with zero attached hydrogens (tertiary/aromatic N) is 2. The molecule has 0 radical (unpaired) electrons. The topological polar surface area (TPSA) is 33.2 Å². The van der Waals surface area contributed by atoms with Crippen LogP contribution in [0.5, 0.6) is 0 Å². The molecular weight excluding hydrogens is 364 g/mol. The van der Waals surface area contributed by atoms with E-state index >= 15 is 0 Å². The first kappa shape index (κ1) is 17.5. The Morgan fingerprint density at radius 2 is 1.88 bits per heavy atom. The van der Waals surface area contributed by atoms with E-state index in [1.54, 1.807) is 0 Å². The molecule has 134 valence electrons. The third-order valence-corrected chi connectivity index (χ3v) is 6.18. The maximum absolute atomic E-state index is 13.4. The van der Waals surface area contributed by atoms with Crippen LogP contribution in [0.15, 0.2) is 42.5 Å². The van der Waals surface area contributed by atoms with E-state index in [-0.39, 0.29) is 5.91 Å². The summed E-state index contributed by atoms with van der Waals surface area (Å²) in [4.78, 5) is 21.1. The van der Waals surface area contributed by atoms with E-state index in [2.05, 4.69) is 13.8 Å². The van der Waals surface area contributed by atoms with Gasteiger partial charge in [0.05, 0.1) is 26.0 Å². The molecule has 3 aromatic rings. The molecule has 0 saturated carbocycles. The number of thiophene rings is 1. The van der Waals surface area contributed by atoms with Crippen LogP contribution in [0.25, 0.3) is 21.5 Å². The lowest BCUT2D eigenvalue weighted by Crippen LogP contribution is -2.42. The number of carbonyl (C=O) groups is 1. The van der Waals surface area contributed by atoms with Gasteiger partial charge in [-0.15, -0.1) is 11.3 Å². The molecule has 3 heterocycles. The Morgan fingerprint density at radius 3 is 2.58 bits per heavy atom. The fourth-order valence-electron chi connectivity index (χ4n) is 3.93. The highest BCUT2D eigenvalue weighted by Crippen LogP contribution is 2.33. The molecule has 3 nitrogen and oxygen atoms in total. The van der Waals surface area contributed by atoms with Crippen LogP contribution in [0.3, 0.4) is 0 Å². The summed E-state index contributed by atoms with van der Waals surface area (Å²) < 4.78 is 0.724. The van der Waals surface area contributed by atoms with Crippen LogP contribution < -0.4 is 0 Å². The van der Waals surface area contributed by atoms with Crippen LogP contribution >= 0.6 is 22.9 Å². The van der Waals surface area contributed by atoms with Gasteiger partial charge in [0.2, 0.25) is 0 Å². The molecule has 0 spiro atoms. The summed E-state index contributed by atoms with van der Waals surface area (Å²) in [7, 11) is 0. The van der Waals surface area contributed by atoms with Crippen molar-refractivity contribution in [2.45, 2.75) is 20.3 Å². The van der Waals surface area contributed by atoms with Crippen LogP contribution in [0.4, 0.5) is 0 Å². The molecule has 1 fully saturated rings. The van der Waals surface area contributed by atoms with E-state index in [0.29, 0.717) is 11.8 Å². The van der Waals surface area contributed by atoms with E-state index in [0.717, 1.165) is 44.5 Å². The Labute approximate surface area is 162 Å². The number of aromatic nitrogens is 1. The quantitative estimate of drug-likeness (QED) is 0.564. The minimum absolute atomic E-state index is 0.103. The second-order valence-electron chi connectivity index (χ2n) is 7.33. The number of hydrogen-bond donors (Lipinski definition) is 0. The number of benzene rings is 1. The largest absolute Gasteiger partial charge is 0.338 e. The van der Waals surface area contributed by atoms with E-state index in [4.69, 9.17) is 16.6 Å². The number of amides is 1. The normalized spacial score (nSPS) is 20.5. The average molecular weight is 385 g/mol. The fourth-order valence-corrected chi connectivity index (χ4v) is 4.93. The highest BCUT2D eigenvalue weighted by molar-refractivity contribution is 7.19. The smallest absolute Gasteiger partial charge is 0.254 e. The maximum atomic E-state index is 13.4. The van der Waals surface area contributed by atoms with Crippen molar-refractivity contribution in [2.75, 3.05) is 13.1 Å². The third kappa shape index (κ3) is 3.36. The fraction of sp³-hybridized carbons (Fsp3) is 0.333. The highest BCUT2D eigenvalue weighted by Gasteiger charge is 2.27. The van der Waals surface area contributed by atoms with Crippen LogP contribution in [-0.4, -0.2) is 28.9 Å². The van der Waals surface area contributed by atoms with E-state index in [9.17, 15) is 4.79 Å². The van der Waals surface area contributed by atoms with E-state index in [1.165, 1.54) is 17.8 Å². The van der Waals surface area contributed by atoms with Crippen molar-refractivity contribution in [2.24, 2.45) is 11.8 Å². The molecule has 2 unspecified atom stereocenters. The van der Waals surface area contributed by atoms with Gasteiger partial charge < -0.3 is 4.90 Å². The molecule has 0 bridgehead atoms. The number of carbonyl (C=O) groups excluding carboxylic acids is 1. The molecular formula is C21H21ClN2OS. The first-order chi connectivity index (χ1) is 12.5. The number of piperidine rings is 1. The molecule has 4 rings (SSSR count). The van der Waals surface area contributed by atoms with Crippen LogP contribution in [0, 0.1) is 11.8 Å². The van der Waals surface area contributed by atoms with E-state index < -0.39 is 0 Å². The summed E-state index contributed by atoms with van der Waals surface area (Å²) in [5.41, 5.74) is 2.38. The molecule has 26 heavy (non-hydrogen) atoms. The molecule has 1 aliphatic rings. The zero-order valence-electron chi connectivity index (χ0n) is 14.9. The highest BCUT2D eigenvalue weighted by atomic mass is 35.5. The monoisotopic (exact) mass is 384 g/mol. The Balaban J connectivity index is 1.81. The lowest BCUT2D eigenvalue weighted by atomic mass is 9.91. The minimum Gasteiger partial charge on any atom is -0.338 e. The van der Waals surface area contributed by atoms with Gasteiger partial charge in [-0.25, -0.2) is 4.98 Å². The number of pyridine rings is 1. The number of likely N-dealkylation sites (tertiary alicyclic amines) is 1. The van der Waals surface area contributed by atoms with Gasteiger partial charge in [0.25, 0.3) is 5.91 Å². The van der Waals surface area contributed by atoms with Crippen molar-refractivity contribution >= 4 is 39.7 Å². The molecule has 2 atom stereocenters. The van der Waals surface area contributed by atoms with Gasteiger partial charge in [0, 0.05) is 18.5 Å². The molecule has 1 saturated heterocycles. The van der Waals surface area contributed by atoms with Gasteiger partial charge in [-0.3, -0.25) is 4.79 Å². The summed E-state index contributed by atoms with van der Waals surface area (Å²) >= 11 is 7.58. The Kier molecular flexibility index (Phi) is 4.72. The first-order valence-corrected chi connectivity index (χ1v) is 10.2. The Bertz CT molecular complexity index is 958. The molecule has 0 N–H and O–H groups in total. The SMILES string of the molecule is CC1CC(C)CN(C(=O)c2cc(-c3ccc(Cl)s3)nc3ccccc23)C1. The minimum atomic E-state index is 0.103. The molecule has 0 aliphatic carbocycles. The molecule has 1 aliphatic heterocycles. The van der Waals surface area contributed by atoms with Crippen molar-refractivity contribution in [1.82, 2.24) is 9.88 Å². The summed E-state index contributed by atoms with van der Waals surface area (Å²) in [5, 5.41) is 0.912. The number of para-hydroxylation sites is 1. The number of hydrogen-bond acceptors (Lipinski definition) is 3. The van der Waals surface area contributed by atoms with Crippen molar-refractivity contribution in [3.05, 3.63) is 52.4 Å². The predicted octanol–water partition coefficient (Wildman–Crippen LogP) is 5.73. The van der Waals surface area contributed by atoms with Crippen LogP contribution in [0.2, 0.25) is 4.34 Å². The molecule has 2 aromatic heterocycles. The van der Waals surface area contributed by atoms with Crippen molar-refractivity contribution in [1.29, 1.82) is 0 Å². The number of halogens is 1. The molecule has 5 heteroatoms. The summed E-state index contributed by atoms with van der Waals surface area (Å²) in [6.07, 6.45) is 1.18. The Morgan fingerprint density at radius 1 is 1.15 bits per heavy atom. The number of fused-ring (bicyclic) bond motifs is 1. The summed E-state index contributed by atoms with van der Waals surface area (Å²) in [5.74, 6) is 1.17. The van der Waals surface area contributed by atoms with Gasteiger partial charge in [-0.05, 0) is 42.5 Å². The van der Waals surface area contributed by atoms with E-state index in [1.807, 2.05) is 47.4 Å². The van der Waals surface area contributed by atoms with Crippen molar-refractivity contribution in [3.63, 3.8) is 0 Å². The second-order valence-corrected chi connectivity index (χ2v) is 9.05. The van der Waals surface area contributed by atoms with Gasteiger partial charge in [0.1, 0.15) is 0 Å². The second kappa shape index (κ2) is 7.01. The van der Waals surface area contributed by atoms with Crippen molar-refractivity contribution in [3.8, 4) is 10.6 Å². The third-order valence-electron chi connectivity index (χ3n) is 4.93. The lowest BCUT2D eigenvalue weighted by molar-refractivity contribution is 0.0625. The zero-order valence-corrected chi connectivity index (χ0v) is 16.5. The average Bonchev–Trinajstić information content (AvgIpc) is 3.06. The maximum Gasteiger partial charge on any atom is 0.254 e. The number of rotatable bonds is 2. The van der Waals surface area contributed by atoms with Crippen LogP contribution in [0.1, 0.15) is 30.6 Å². The van der Waals surface area contributed by atoms with Gasteiger partial charge in [-0.2, -0.15) is 0 Å². The van der Waals surface area contributed by atoms with Crippen LogP contribution in [-0.2, 0) is 0 Å². The van der Waals surface area contributed by atoms with Crippen molar-refractivity contribution < 1.29 is 4.79 Å². The molecule has 1 amide bonds. The Hall–Kier alpha value is -1.91. The zero-order chi connectivity index (χ0) is 18.3.